The third-order valence-electron chi connectivity index (χ3n) is 6.21. The van der Waals surface area contributed by atoms with Crippen LogP contribution in [0.5, 0.6) is 11.5 Å². The molecule has 1 fully saturated rings. The predicted molar refractivity (Wildman–Crippen MR) is 98.4 cm³/mol. The molecule has 1 aliphatic carbocycles. The number of likely N-dealkylation sites (tertiary alicyclic amines) is 1. The fourth-order valence-electron chi connectivity index (χ4n) is 4.98. The summed E-state index contributed by atoms with van der Waals surface area (Å²) in [5.41, 5.74) is 2.88. The fraction of sp³-hybridized carbons (Fsp3) is 0.455. The molecule has 2 aromatic rings. The van der Waals surface area contributed by atoms with E-state index >= 15 is 0 Å². The molecule has 0 amide bonds. The highest BCUT2D eigenvalue weighted by Crippen LogP contribution is 2.46. The maximum atomic E-state index is 14.8. The van der Waals surface area contributed by atoms with Gasteiger partial charge >= 0.3 is 0 Å². The van der Waals surface area contributed by atoms with Gasteiger partial charge in [0.2, 0.25) is 6.79 Å². The van der Waals surface area contributed by atoms with Gasteiger partial charge < -0.3 is 14.4 Å². The molecule has 2 aromatic carbocycles. The highest BCUT2D eigenvalue weighted by Gasteiger charge is 2.33. The number of rotatable bonds is 3. The summed E-state index contributed by atoms with van der Waals surface area (Å²) in [6, 6.07) is 8.40. The van der Waals surface area contributed by atoms with Gasteiger partial charge in [-0.15, -0.1) is 0 Å². The van der Waals surface area contributed by atoms with E-state index in [4.69, 9.17) is 9.47 Å². The van der Waals surface area contributed by atoms with Gasteiger partial charge in [0.1, 0.15) is 11.6 Å². The summed E-state index contributed by atoms with van der Waals surface area (Å²) in [4.78, 5) is 2.40. The van der Waals surface area contributed by atoms with Crippen molar-refractivity contribution in [1.82, 2.24) is 4.90 Å². The van der Waals surface area contributed by atoms with Crippen molar-refractivity contribution in [2.24, 2.45) is 0 Å². The second-order valence-electron chi connectivity index (χ2n) is 7.87. The first-order valence-electron chi connectivity index (χ1n) is 9.77. The highest BCUT2D eigenvalue weighted by molar-refractivity contribution is 5.54. The molecule has 27 heavy (non-hydrogen) atoms. The molecule has 2 heterocycles. The number of benzene rings is 2. The predicted octanol–water partition coefficient (Wildman–Crippen LogP) is 4.60. The minimum Gasteiger partial charge on any atom is -0.453 e. The van der Waals surface area contributed by atoms with Crippen molar-refractivity contribution >= 4 is 0 Å². The van der Waals surface area contributed by atoms with Crippen LogP contribution in [0.25, 0.3) is 0 Å². The number of hydrogen-bond donors (Lipinski definition) is 0. The van der Waals surface area contributed by atoms with Gasteiger partial charge in [-0.25, -0.2) is 8.78 Å². The molecule has 0 aromatic heterocycles. The van der Waals surface area contributed by atoms with E-state index in [9.17, 15) is 8.78 Å². The van der Waals surface area contributed by atoms with Gasteiger partial charge in [0.05, 0.1) is 0 Å². The van der Waals surface area contributed by atoms with Crippen molar-refractivity contribution in [3.05, 3.63) is 58.7 Å². The molecule has 1 saturated heterocycles. The van der Waals surface area contributed by atoms with Crippen molar-refractivity contribution < 1.29 is 18.3 Å². The second kappa shape index (κ2) is 6.79. The average Bonchev–Trinajstić information content (AvgIpc) is 3.31. The molecule has 0 radical (unpaired) electrons. The summed E-state index contributed by atoms with van der Waals surface area (Å²) in [6.07, 6.45) is 3.90. The van der Waals surface area contributed by atoms with Crippen LogP contribution in [0.1, 0.15) is 47.8 Å². The number of ether oxygens (including phenoxy) is 2. The van der Waals surface area contributed by atoms with Crippen LogP contribution < -0.4 is 9.47 Å². The zero-order valence-corrected chi connectivity index (χ0v) is 15.2. The Hall–Kier alpha value is -2.14. The zero-order chi connectivity index (χ0) is 18.4. The molecule has 0 bridgehead atoms. The Balaban J connectivity index is 1.35. The van der Waals surface area contributed by atoms with Crippen LogP contribution in [0.2, 0.25) is 0 Å². The Morgan fingerprint density at radius 1 is 1.11 bits per heavy atom. The van der Waals surface area contributed by atoms with E-state index in [0.29, 0.717) is 11.7 Å². The lowest BCUT2D eigenvalue weighted by atomic mass is 9.81. The Bertz CT molecular complexity index is 870. The summed E-state index contributed by atoms with van der Waals surface area (Å²) in [6.45, 7) is 2.90. The van der Waals surface area contributed by atoms with Gasteiger partial charge in [-0.05, 0) is 67.3 Å². The molecule has 0 saturated carbocycles. The van der Waals surface area contributed by atoms with Gasteiger partial charge in [-0.3, -0.25) is 0 Å². The van der Waals surface area contributed by atoms with E-state index in [2.05, 4.69) is 4.90 Å². The van der Waals surface area contributed by atoms with Crippen LogP contribution in [0.4, 0.5) is 8.78 Å². The second-order valence-corrected chi connectivity index (χ2v) is 7.87. The SMILES string of the molecule is Fc1cccc(C2CCN(CC3CCCc4c5c(cc(F)c43)OCO5)C2)c1. The van der Waals surface area contributed by atoms with E-state index < -0.39 is 0 Å². The fourth-order valence-corrected chi connectivity index (χ4v) is 4.98. The molecule has 5 rings (SSSR count). The van der Waals surface area contributed by atoms with E-state index in [1.165, 1.54) is 12.1 Å². The van der Waals surface area contributed by atoms with Crippen molar-refractivity contribution in [2.75, 3.05) is 26.4 Å². The average molecular weight is 371 g/mol. The lowest BCUT2D eigenvalue weighted by Crippen LogP contribution is -2.29. The Kier molecular flexibility index (Phi) is 4.27. The highest BCUT2D eigenvalue weighted by atomic mass is 19.1. The van der Waals surface area contributed by atoms with E-state index in [1.807, 2.05) is 6.07 Å². The third-order valence-corrected chi connectivity index (χ3v) is 6.21. The molecule has 142 valence electrons. The zero-order valence-electron chi connectivity index (χ0n) is 15.2. The van der Waals surface area contributed by atoms with Crippen molar-refractivity contribution in [3.63, 3.8) is 0 Å². The molecule has 3 nitrogen and oxygen atoms in total. The normalized spacial score (nSPS) is 24.2. The van der Waals surface area contributed by atoms with Crippen molar-refractivity contribution in [1.29, 1.82) is 0 Å². The lowest BCUT2D eigenvalue weighted by Gasteiger charge is -2.30. The Labute approximate surface area is 157 Å². The molecule has 2 unspecified atom stereocenters. The van der Waals surface area contributed by atoms with Crippen LogP contribution in [0, 0.1) is 11.6 Å². The molecular weight excluding hydrogens is 348 g/mol. The van der Waals surface area contributed by atoms with Crippen molar-refractivity contribution in [2.45, 2.75) is 37.5 Å². The van der Waals surface area contributed by atoms with Crippen LogP contribution >= 0.6 is 0 Å². The lowest BCUT2D eigenvalue weighted by molar-refractivity contribution is 0.173. The maximum absolute atomic E-state index is 14.8. The minimum absolute atomic E-state index is 0.167. The largest absolute Gasteiger partial charge is 0.453 e. The topological polar surface area (TPSA) is 21.7 Å². The first-order valence-corrected chi connectivity index (χ1v) is 9.77. The number of fused-ring (bicyclic) bond motifs is 3. The van der Waals surface area contributed by atoms with E-state index in [1.54, 1.807) is 12.1 Å². The van der Waals surface area contributed by atoms with E-state index in [-0.39, 0.29) is 24.3 Å². The monoisotopic (exact) mass is 371 g/mol. The Morgan fingerprint density at radius 2 is 2.04 bits per heavy atom. The minimum atomic E-state index is -0.176. The third kappa shape index (κ3) is 3.08. The molecular formula is C22H23F2NO2. The number of nitrogens with zero attached hydrogens (tertiary/aromatic N) is 1. The number of halogens is 2. The quantitative estimate of drug-likeness (QED) is 0.787. The van der Waals surface area contributed by atoms with Crippen LogP contribution in [-0.4, -0.2) is 31.3 Å². The first kappa shape index (κ1) is 17.0. The van der Waals surface area contributed by atoms with Crippen LogP contribution in [0.3, 0.4) is 0 Å². The number of hydrogen-bond acceptors (Lipinski definition) is 3. The van der Waals surface area contributed by atoms with Crippen molar-refractivity contribution in [3.8, 4) is 11.5 Å². The summed E-state index contributed by atoms with van der Waals surface area (Å²) in [5.74, 6) is 1.47. The van der Waals surface area contributed by atoms with Gasteiger partial charge in [-0.1, -0.05) is 12.1 Å². The van der Waals surface area contributed by atoms with Crippen LogP contribution in [0.15, 0.2) is 30.3 Å². The molecule has 0 N–H and O–H groups in total. The first-order chi connectivity index (χ1) is 13.2. The molecule has 2 aliphatic heterocycles. The van der Waals surface area contributed by atoms with Gasteiger partial charge in [-0.2, -0.15) is 0 Å². The molecule has 2 atom stereocenters. The maximum Gasteiger partial charge on any atom is 0.231 e. The van der Waals surface area contributed by atoms with Gasteiger partial charge in [0.25, 0.3) is 0 Å². The van der Waals surface area contributed by atoms with Crippen LogP contribution in [-0.2, 0) is 6.42 Å². The van der Waals surface area contributed by atoms with Gasteiger partial charge in [0, 0.05) is 24.7 Å². The van der Waals surface area contributed by atoms with Gasteiger partial charge in [0.15, 0.2) is 11.5 Å². The Morgan fingerprint density at radius 3 is 2.93 bits per heavy atom. The molecule has 3 aliphatic rings. The summed E-state index contributed by atoms with van der Waals surface area (Å²) < 4.78 is 39.4. The molecule has 5 heteroatoms. The summed E-state index contributed by atoms with van der Waals surface area (Å²) in [5, 5.41) is 0. The van der Waals surface area contributed by atoms with E-state index in [0.717, 1.165) is 67.8 Å². The summed E-state index contributed by atoms with van der Waals surface area (Å²) >= 11 is 0. The smallest absolute Gasteiger partial charge is 0.231 e. The standard InChI is InChI=1S/C22H23F2NO2/c23-17-5-1-3-14(9-17)15-7-8-25(11-15)12-16-4-2-6-18-21(16)19(24)10-20-22(18)27-13-26-20/h1,3,5,9-10,15-16H,2,4,6-8,11-13H2. The summed E-state index contributed by atoms with van der Waals surface area (Å²) in [7, 11) is 0. The molecule has 0 spiro atoms.